The number of imidazole rings is 1. The van der Waals surface area contributed by atoms with Crippen molar-refractivity contribution in [2.45, 2.75) is 13.0 Å². The number of nitrogens with zero attached hydrogens (tertiary/aromatic N) is 3. The van der Waals surface area contributed by atoms with Crippen molar-refractivity contribution >= 4 is 22.2 Å². The topological polar surface area (TPSA) is 79.4 Å². The van der Waals surface area contributed by atoms with Gasteiger partial charge in [0.15, 0.2) is 11.3 Å². The molecule has 0 fully saturated rings. The van der Waals surface area contributed by atoms with Gasteiger partial charge in [0.2, 0.25) is 0 Å². The highest BCUT2D eigenvalue weighted by molar-refractivity contribution is 5.84. The van der Waals surface area contributed by atoms with E-state index < -0.39 is 0 Å². The predicted molar refractivity (Wildman–Crippen MR) is 106 cm³/mol. The molecule has 0 aliphatic rings. The lowest BCUT2D eigenvalue weighted by Gasteiger charge is -2.13. The maximum absolute atomic E-state index is 12.6. The summed E-state index contributed by atoms with van der Waals surface area (Å²) < 4.78 is 1.66. The molecule has 3 aromatic heterocycles. The van der Waals surface area contributed by atoms with E-state index in [0.717, 1.165) is 27.7 Å². The number of H-pyrrole nitrogens is 2. The first-order chi connectivity index (χ1) is 13.2. The van der Waals surface area contributed by atoms with E-state index >= 15 is 0 Å². The quantitative estimate of drug-likeness (QED) is 0.515. The van der Waals surface area contributed by atoms with Crippen LogP contribution < -0.4 is 5.69 Å². The molecular formula is C21H17N5O. The monoisotopic (exact) mass is 355 g/mol. The van der Waals surface area contributed by atoms with E-state index in [-0.39, 0.29) is 11.7 Å². The number of aromatic amines is 2. The third-order valence-corrected chi connectivity index (χ3v) is 4.94. The van der Waals surface area contributed by atoms with Crippen LogP contribution >= 0.6 is 0 Å². The molecule has 132 valence electrons. The smallest absolute Gasteiger partial charge is 0.329 e. The molecule has 1 atom stereocenters. The van der Waals surface area contributed by atoms with E-state index in [2.05, 4.69) is 21.0 Å². The zero-order chi connectivity index (χ0) is 18.4. The summed E-state index contributed by atoms with van der Waals surface area (Å²) in [7, 11) is 0. The van der Waals surface area contributed by atoms with Gasteiger partial charge in [-0.25, -0.2) is 14.8 Å². The molecule has 0 saturated carbocycles. The van der Waals surface area contributed by atoms with Crippen molar-refractivity contribution < 1.29 is 0 Å². The van der Waals surface area contributed by atoms with Crippen LogP contribution in [-0.2, 0) is 0 Å². The van der Waals surface area contributed by atoms with Crippen LogP contribution in [0, 0.1) is 0 Å². The highest BCUT2D eigenvalue weighted by atomic mass is 16.1. The maximum Gasteiger partial charge on any atom is 0.329 e. The first kappa shape index (κ1) is 15.6. The highest BCUT2D eigenvalue weighted by Gasteiger charge is 2.17. The molecule has 6 heteroatoms. The van der Waals surface area contributed by atoms with Gasteiger partial charge in [0.05, 0.1) is 17.9 Å². The second-order valence-corrected chi connectivity index (χ2v) is 6.59. The van der Waals surface area contributed by atoms with E-state index in [1.165, 1.54) is 0 Å². The molecule has 0 bridgehead atoms. The van der Waals surface area contributed by atoms with Crippen molar-refractivity contribution in [3.05, 3.63) is 83.0 Å². The van der Waals surface area contributed by atoms with Gasteiger partial charge in [-0.2, -0.15) is 0 Å². The van der Waals surface area contributed by atoms with E-state index in [1.54, 1.807) is 10.8 Å². The molecule has 0 saturated heterocycles. The molecule has 6 nitrogen and oxygen atoms in total. The Morgan fingerprint density at radius 3 is 2.78 bits per heavy atom. The number of hydrogen-bond acceptors (Lipinski definition) is 3. The average molecular weight is 355 g/mol. The Morgan fingerprint density at radius 2 is 1.93 bits per heavy atom. The van der Waals surface area contributed by atoms with E-state index in [1.807, 2.05) is 61.7 Å². The van der Waals surface area contributed by atoms with Crippen molar-refractivity contribution in [3.63, 3.8) is 0 Å². The summed E-state index contributed by atoms with van der Waals surface area (Å²) in [5, 5.41) is 1.11. The minimum Gasteiger partial charge on any atom is -0.361 e. The van der Waals surface area contributed by atoms with Gasteiger partial charge in [-0.05, 0) is 30.7 Å². The number of nitrogens with one attached hydrogen (secondary N) is 2. The van der Waals surface area contributed by atoms with Crippen molar-refractivity contribution in [1.82, 2.24) is 24.5 Å². The van der Waals surface area contributed by atoms with Crippen molar-refractivity contribution in [3.8, 4) is 11.3 Å². The fourth-order valence-corrected chi connectivity index (χ4v) is 3.48. The average Bonchev–Trinajstić information content (AvgIpc) is 3.30. The Balaban J connectivity index is 1.67. The van der Waals surface area contributed by atoms with Gasteiger partial charge in [-0.3, -0.25) is 9.55 Å². The van der Waals surface area contributed by atoms with Crippen LogP contribution in [0.25, 0.3) is 33.5 Å². The molecule has 5 aromatic rings. The van der Waals surface area contributed by atoms with Crippen molar-refractivity contribution in [2.75, 3.05) is 0 Å². The SMILES string of the molecule is CC(c1ccccc1)n1c(=O)[nH]c2ncc(-c3ccc4[nH]ccc4c3)nc21. The van der Waals surface area contributed by atoms with Gasteiger partial charge >= 0.3 is 5.69 Å². The lowest BCUT2D eigenvalue weighted by molar-refractivity contribution is 0.631. The molecule has 0 aliphatic heterocycles. The first-order valence-corrected chi connectivity index (χ1v) is 8.80. The number of benzene rings is 2. The standard InChI is InChI=1S/C21H17N5O/c1-13(14-5-3-2-4-6-14)26-20-19(25-21(26)27)23-12-18(24-20)15-7-8-17-16(11-15)9-10-22-17/h2-13,22H,1H3,(H,23,25,27). The summed E-state index contributed by atoms with van der Waals surface area (Å²) in [6.07, 6.45) is 3.61. The van der Waals surface area contributed by atoms with Gasteiger partial charge in [0.25, 0.3) is 0 Å². The molecule has 3 heterocycles. The number of hydrogen-bond donors (Lipinski definition) is 2. The lowest BCUT2D eigenvalue weighted by Crippen LogP contribution is -2.21. The van der Waals surface area contributed by atoms with Gasteiger partial charge in [-0.15, -0.1) is 0 Å². The molecule has 0 amide bonds. The second kappa shape index (κ2) is 5.95. The second-order valence-electron chi connectivity index (χ2n) is 6.59. The van der Waals surface area contributed by atoms with Crippen LogP contribution in [0.15, 0.2) is 71.8 Å². The molecule has 27 heavy (non-hydrogen) atoms. The Morgan fingerprint density at radius 1 is 1.07 bits per heavy atom. The Kier molecular flexibility index (Phi) is 3.43. The van der Waals surface area contributed by atoms with Crippen LogP contribution in [-0.4, -0.2) is 24.5 Å². The molecule has 0 radical (unpaired) electrons. The van der Waals surface area contributed by atoms with Crippen molar-refractivity contribution in [1.29, 1.82) is 0 Å². The summed E-state index contributed by atoms with van der Waals surface area (Å²) in [6, 6.07) is 17.9. The number of aromatic nitrogens is 5. The summed E-state index contributed by atoms with van der Waals surface area (Å²) in [6.45, 7) is 1.99. The largest absolute Gasteiger partial charge is 0.361 e. The Hall–Kier alpha value is -3.67. The Bertz CT molecular complexity index is 1310. The maximum atomic E-state index is 12.6. The summed E-state index contributed by atoms with van der Waals surface area (Å²) in [5.41, 5.74) is 4.66. The number of rotatable bonds is 3. The van der Waals surface area contributed by atoms with E-state index in [9.17, 15) is 4.79 Å². The summed E-state index contributed by atoms with van der Waals surface area (Å²) in [4.78, 5) is 27.8. The minimum absolute atomic E-state index is 0.149. The van der Waals surface area contributed by atoms with Gasteiger partial charge < -0.3 is 4.98 Å². The van der Waals surface area contributed by atoms with Crippen LogP contribution in [0.5, 0.6) is 0 Å². The van der Waals surface area contributed by atoms with Gasteiger partial charge in [0.1, 0.15) is 0 Å². The zero-order valence-corrected chi connectivity index (χ0v) is 14.7. The summed E-state index contributed by atoms with van der Waals surface area (Å²) in [5.74, 6) is 0. The first-order valence-electron chi connectivity index (χ1n) is 8.80. The van der Waals surface area contributed by atoms with Crippen LogP contribution in [0.1, 0.15) is 18.5 Å². The molecular weight excluding hydrogens is 338 g/mol. The van der Waals surface area contributed by atoms with Crippen molar-refractivity contribution in [2.24, 2.45) is 0 Å². The van der Waals surface area contributed by atoms with Crippen LogP contribution in [0.2, 0.25) is 0 Å². The molecule has 2 N–H and O–H groups in total. The molecule has 2 aromatic carbocycles. The highest BCUT2D eigenvalue weighted by Crippen LogP contribution is 2.24. The van der Waals surface area contributed by atoms with Gasteiger partial charge in [-0.1, -0.05) is 36.4 Å². The molecule has 0 aliphatic carbocycles. The predicted octanol–water partition coefficient (Wildman–Crippen LogP) is 3.88. The number of fused-ring (bicyclic) bond motifs is 2. The minimum atomic E-state index is -0.209. The third-order valence-electron chi connectivity index (χ3n) is 4.94. The van der Waals surface area contributed by atoms with Crippen LogP contribution in [0.3, 0.4) is 0 Å². The zero-order valence-electron chi connectivity index (χ0n) is 14.7. The third kappa shape index (κ3) is 2.54. The summed E-state index contributed by atoms with van der Waals surface area (Å²) >= 11 is 0. The lowest BCUT2D eigenvalue weighted by atomic mass is 10.1. The molecule has 1 unspecified atom stereocenters. The van der Waals surface area contributed by atoms with E-state index in [4.69, 9.17) is 4.98 Å². The van der Waals surface area contributed by atoms with Gasteiger partial charge in [0, 0.05) is 22.7 Å². The van der Waals surface area contributed by atoms with E-state index in [0.29, 0.717) is 11.3 Å². The fourth-order valence-electron chi connectivity index (χ4n) is 3.48. The van der Waals surface area contributed by atoms with Crippen LogP contribution in [0.4, 0.5) is 0 Å². The fraction of sp³-hybridized carbons (Fsp3) is 0.0952. The molecule has 5 rings (SSSR count). The Labute approximate surface area is 154 Å². The molecule has 0 spiro atoms. The normalized spacial score (nSPS) is 12.6.